The maximum Gasteiger partial charge on any atom is 0.259 e. The Balaban J connectivity index is 1.61. The number of benzene rings is 1. The van der Waals surface area contributed by atoms with Crippen LogP contribution < -0.4 is 4.74 Å². The summed E-state index contributed by atoms with van der Waals surface area (Å²) in [5, 5.41) is 9.88. The predicted octanol–water partition coefficient (Wildman–Crippen LogP) is 4.00. The average molecular weight is 487 g/mol. The van der Waals surface area contributed by atoms with Crippen molar-refractivity contribution in [1.29, 1.82) is 0 Å². The van der Waals surface area contributed by atoms with E-state index in [1.54, 1.807) is 23.5 Å². The highest BCUT2D eigenvalue weighted by Gasteiger charge is 2.34. The third-order valence-electron chi connectivity index (χ3n) is 6.50. The van der Waals surface area contributed by atoms with Crippen LogP contribution in [-0.2, 0) is 6.54 Å². The second-order valence-corrected chi connectivity index (χ2v) is 9.54. The normalized spacial score (nSPS) is 19.0. The minimum Gasteiger partial charge on any atom is -0.472 e. The van der Waals surface area contributed by atoms with Gasteiger partial charge in [0.2, 0.25) is 5.88 Å². The molecule has 188 valence electrons. The fourth-order valence-electron chi connectivity index (χ4n) is 4.36. The molecule has 1 aliphatic rings. The summed E-state index contributed by atoms with van der Waals surface area (Å²) in [6.45, 7) is 5.74. The number of fused-ring (bicyclic) bond motifs is 1. The molecule has 0 saturated heterocycles. The Kier molecular flexibility index (Phi) is 8.46. The van der Waals surface area contributed by atoms with E-state index < -0.39 is 0 Å². The second-order valence-electron chi connectivity index (χ2n) is 9.54. The van der Waals surface area contributed by atoms with Crippen LogP contribution in [0.1, 0.15) is 40.9 Å². The summed E-state index contributed by atoms with van der Waals surface area (Å²) >= 11 is 0. The molecular formula is C29H34N4O3. The molecule has 0 spiro atoms. The fraction of sp³-hybridized carbons (Fsp3) is 0.345. The molecule has 4 rings (SSSR count). The quantitative estimate of drug-likeness (QED) is 0.519. The van der Waals surface area contributed by atoms with Gasteiger partial charge in [-0.3, -0.25) is 14.7 Å². The summed E-state index contributed by atoms with van der Waals surface area (Å²) in [6, 6.07) is 15.5. The van der Waals surface area contributed by atoms with Gasteiger partial charge in [0.05, 0.1) is 12.6 Å². The number of amides is 1. The lowest BCUT2D eigenvalue weighted by Crippen LogP contribution is -2.49. The number of carbonyl (C=O) groups excluding carboxylic acids is 1. The van der Waals surface area contributed by atoms with Crippen molar-refractivity contribution in [3.8, 4) is 5.88 Å². The summed E-state index contributed by atoms with van der Waals surface area (Å²) in [7, 11) is 2.06. The highest BCUT2D eigenvalue weighted by molar-refractivity contribution is 5.97. The second kappa shape index (κ2) is 11.9. The number of pyridine rings is 2. The van der Waals surface area contributed by atoms with Crippen molar-refractivity contribution < 1.29 is 14.6 Å². The number of aromatic nitrogens is 2. The summed E-state index contributed by atoms with van der Waals surface area (Å²) in [6.07, 6.45) is 9.07. The van der Waals surface area contributed by atoms with Crippen molar-refractivity contribution >= 4 is 18.1 Å². The van der Waals surface area contributed by atoms with Gasteiger partial charge in [-0.15, -0.1) is 0 Å². The van der Waals surface area contributed by atoms with Crippen molar-refractivity contribution in [2.75, 3.05) is 26.7 Å². The number of hydrogen-bond donors (Lipinski definition) is 1. The number of hydrogen-bond acceptors (Lipinski definition) is 6. The van der Waals surface area contributed by atoms with Crippen LogP contribution in [-0.4, -0.2) is 69.7 Å². The van der Waals surface area contributed by atoms with Crippen LogP contribution in [0.15, 0.2) is 67.1 Å². The molecule has 7 nitrogen and oxygen atoms in total. The van der Waals surface area contributed by atoms with E-state index in [1.807, 2.05) is 67.6 Å². The molecule has 0 aliphatic carbocycles. The van der Waals surface area contributed by atoms with Crippen LogP contribution in [0.2, 0.25) is 0 Å². The van der Waals surface area contributed by atoms with E-state index in [0.717, 1.165) is 17.7 Å². The minimum atomic E-state index is -0.315. The molecular weight excluding hydrogens is 452 g/mol. The molecule has 1 aliphatic heterocycles. The first kappa shape index (κ1) is 25.5. The summed E-state index contributed by atoms with van der Waals surface area (Å²) in [5.41, 5.74) is 3.46. The van der Waals surface area contributed by atoms with Gasteiger partial charge in [0.1, 0.15) is 11.7 Å². The Morgan fingerprint density at radius 2 is 1.89 bits per heavy atom. The van der Waals surface area contributed by atoms with Crippen LogP contribution in [0.25, 0.3) is 12.2 Å². The van der Waals surface area contributed by atoms with Crippen molar-refractivity contribution in [3.63, 3.8) is 0 Å². The third-order valence-corrected chi connectivity index (χ3v) is 6.50. The van der Waals surface area contributed by atoms with Gasteiger partial charge >= 0.3 is 0 Å². The van der Waals surface area contributed by atoms with Gasteiger partial charge in [0, 0.05) is 44.1 Å². The third kappa shape index (κ3) is 6.36. The van der Waals surface area contributed by atoms with Crippen molar-refractivity contribution in [2.45, 2.75) is 32.5 Å². The standard InChI is InChI=1S/C29H34N4O3/c1-21-17-33(22(2)20-34)29(35)26-15-25(10-9-23-7-5-4-6-8-23)16-31-28(26)36-27(21)19-32(3)18-24-11-13-30-14-12-24/h4-16,21-22,27,34H,17-20H2,1-3H3/b10-9+/t21-,22+,27-/m0/s1. The van der Waals surface area contributed by atoms with E-state index in [9.17, 15) is 9.90 Å². The molecule has 3 atom stereocenters. The van der Waals surface area contributed by atoms with Crippen LogP contribution in [0, 0.1) is 5.92 Å². The van der Waals surface area contributed by atoms with Crippen LogP contribution in [0.4, 0.5) is 0 Å². The molecule has 3 heterocycles. The smallest absolute Gasteiger partial charge is 0.259 e. The average Bonchev–Trinajstić information content (AvgIpc) is 2.90. The zero-order chi connectivity index (χ0) is 25.5. The number of nitrogens with zero attached hydrogens (tertiary/aromatic N) is 4. The Morgan fingerprint density at radius 3 is 2.61 bits per heavy atom. The molecule has 1 aromatic carbocycles. The summed E-state index contributed by atoms with van der Waals surface area (Å²) < 4.78 is 6.41. The van der Waals surface area contributed by atoms with Gasteiger partial charge in [-0.1, -0.05) is 49.4 Å². The number of carbonyl (C=O) groups is 1. The van der Waals surface area contributed by atoms with Crippen LogP contribution >= 0.6 is 0 Å². The number of rotatable bonds is 8. The molecule has 2 aromatic heterocycles. The highest BCUT2D eigenvalue weighted by atomic mass is 16.5. The number of likely N-dealkylation sites (N-methyl/N-ethyl adjacent to an activating group) is 1. The Morgan fingerprint density at radius 1 is 1.17 bits per heavy atom. The zero-order valence-electron chi connectivity index (χ0n) is 21.1. The molecule has 0 unspecified atom stereocenters. The summed E-state index contributed by atoms with van der Waals surface area (Å²) in [4.78, 5) is 26.2. The molecule has 1 N–H and O–H groups in total. The first-order valence-corrected chi connectivity index (χ1v) is 12.3. The van der Waals surface area contributed by atoms with E-state index in [4.69, 9.17) is 4.74 Å². The van der Waals surface area contributed by atoms with Crippen LogP contribution in [0.3, 0.4) is 0 Å². The maximum absolute atomic E-state index is 13.6. The molecule has 1 amide bonds. The Labute approximate surface area is 213 Å². The molecule has 0 radical (unpaired) electrons. The largest absolute Gasteiger partial charge is 0.472 e. The van der Waals surface area contributed by atoms with Gasteiger partial charge in [-0.2, -0.15) is 0 Å². The Bertz CT molecular complexity index is 1170. The van der Waals surface area contributed by atoms with Crippen LogP contribution in [0.5, 0.6) is 5.88 Å². The fourth-order valence-corrected chi connectivity index (χ4v) is 4.36. The Hall–Kier alpha value is -3.55. The molecule has 0 fully saturated rings. The molecule has 3 aromatic rings. The lowest BCUT2D eigenvalue weighted by molar-refractivity contribution is 0.0325. The predicted molar refractivity (Wildman–Crippen MR) is 141 cm³/mol. The van der Waals surface area contributed by atoms with E-state index in [2.05, 4.69) is 28.8 Å². The maximum atomic E-state index is 13.6. The van der Waals surface area contributed by atoms with Crippen molar-refractivity contribution in [1.82, 2.24) is 19.8 Å². The number of aliphatic hydroxyl groups is 1. The first-order valence-electron chi connectivity index (χ1n) is 12.3. The number of ether oxygens (including phenoxy) is 1. The minimum absolute atomic E-state index is 0.0374. The summed E-state index contributed by atoms with van der Waals surface area (Å²) in [5.74, 6) is 0.195. The molecule has 7 heteroatoms. The lowest BCUT2D eigenvalue weighted by atomic mass is 9.99. The first-order chi connectivity index (χ1) is 17.4. The monoisotopic (exact) mass is 486 g/mol. The van der Waals surface area contributed by atoms with Crippen molar-refractivity contribution in [3.05, 3.63) is 89.4 Å². The van der Waals surface area contributed by atoms with E-state index in [0.29, 0.717) is 24.5 Å². The van der Waals surface area contributed by atoms with E-state index in [1.165, 1.54) is 5.56 Å². The van der Waals surface area contributed by atoms with Crippen molar-refractivity contribution in [2.24, 2.45) is 5.92 Å². The topological polar surface area (TPSA) is 78.8 Å². The molecule has 36 heavy (non-hydrogen) atoms. The zero-order valence-corrected chi connectivity index (χ0v) is 21.1. The van der Waals surface area contributed by atoms with Gasteiger partial charge in [-0.05, 0) is 48.9 Å². The van der Waals surface area contributed by atoms with E-state index >= 15 is 0 Å². The van der Waals surface area contributed by atoms with Gasteiger partial charge < -0.3 is 14.7 Å². The molecule has 0 saturated carbocycles. The van der Waals surface area contributed by atoms with E-state index in [-0.39, 0.29) is 30.6 Å². The van der Waals surface area contributed by atoms with Gasteiger partial charge in [0.15, 0.2) is 0 Å². The SMILES string of the molecule is C[C@H](CO)N1C[C@H](C)[C@H](CN(C)Cc2ccncc2)Oc2ncc(/C=C/c3ccccc3)cc2C1=O. The van der Waals surface area contributed by atoms with Gasteiger partial charge in [-0.25, -0.2) is 4.98 Å². The van der Waals surface area contributed by atoms with Gasteiger partial charge in [0.25, 0.3) is 5.91 Å². The number of aliphatic hydroxyl groups excluding tert-OH is 1. The lowest BCUT2D eigenvalue weighted by Gasteiger charge is -2.37. The molecule has 0 bridgehead atoms. The highest BCUT2D eigenvalue weighted by Crippen LogP contribution is 2.28.